The number of esters is 1. The maximum absolute atomic E-state index is 13.6. The van der Waals surface area contributed by atoms with Gasteiger partial charge in [-0.15, -0.1) is 6.58 Å². The number of carbonyl (C=O) groups is 1. The van der Waals surface area contributed by atoms with E-state index in [9.17, 15) is 13.2 Å². The van der Waals surface area contributed by atoms with Crippen molar-refractivity contribution >= 4 is 16.0 Å². The highest BCUT2D eigenvalue weighted by molar-refractivity contribution is 7.89. The zero-order valence-electron chi connectivity index (χ0n) is 18.3. The van der Waals surface area contributed by atoms with Crippen molar-refractivity contribution in [1.82, 2.24) is 4.31 Å². The van der Waals surface area contributed by atoms with E-state index in [1.807, 2.05) is 6.92 Å². The molecule has 0 N–H and O–H groups in total. The summed E-state index contributed by atoms with van der Waals surface area (Å²) in [5.41, 5.74) is 1.56. The van der Waals surface area contributed by atoms with Gasteiger partial charge in [0, 0.05) is 6.54 Å². The smallest absolute Gasteiger partial charge is 0.315 e. The Morgan fingerprint density at radius 2 is 1.71 bits per heavy atom. The first-order chi connectivity index (χ1) is 14.8. The lowest BCUT2D eigenvalue weighted by Gasteiger charge is -2.33. The van der Waals surface area contributed by atoms with Crippen molar-refractivity contribution in [3.8, 4) is 5.75 Å². The molecule has 0 radical (unpaired) electrons. The molecule has 2 atom stereocenters. The number of hydrogen-bond donors (Lipinski definition) is 0. The first kappa shape index (κ1) is 24.4. The van der Waals surface area contributed by atoms with Crippen LogP contribution in [0.5, 0.6) is 5.75 Å². The van der Waals surface area contributed by atoms with Gasteiger partial charge in [0.25, 0.3) is 0 Å². The summed E-state index contributed by atoms with van der Waals surface area (Å²) in [6, 6.07) is 12.7. The predicted octanol–water partition coefficient (Wildman–Crippen LogP) is 4.08. The molecular formula is C24H29NO5S. The zero-order chi connectivity index (χ0) is 23.0. The summed E-state index contributed by atoms with van der Waals surface area (Å²) in [4.78, 5) is 13.0. The summed E-state index contributed by atoms with van der Waals surface area (Å²) in [5, 5.41) is 0. The van der Waals surface area contributed by atoms with E-state index in [2.05, 4.69) is 6.58 Å². The summed E-state index contributed by atoms with van der Waals surface area (Å²) in [6.07, 6.45) is 4.93. The molecule has 0 bridgehead atoms. The van der Waals surface area contributed by atoms with Crippen molar-refractivity contribution < 1.29 is 22.7 Å². The molecule has 0 amide bonds. The quantitative estimate of drug-likeness (QED) is 0.409. The number of aryl methyl sites for hydroxylation is 1. The summed E-state index contributed by atoms with van der Waals surface area (Å²) in [6.45, 7) is 7.41. The van der Waals surface area contributed by atoms with Gasteiger partial charge in [0.1, 0.15) is 11.7 Å². The van der Waals surface area contributed by atoms with E-state index >= 15 is 0 Å². The number of hydrogen-bond acceptors (Lipinski definition) is 5. The van der Waals surface area contributed by atoms with Crippen LogP contribution in [0.2, 0.25) is 0 Å². The third-order valence-electron chi connectivity index (χ3n) is 4.93. The van der Waals surface area contributed by atoms with Gasteiger partial charge < -0.3 is 9.47 Å². The lowest BCUT2D eigenvalue weighted by atomic mass is 9.90. The Morgan fingerprint density at radius 3 is 2.19 bits per heavy atom. The van der Waals surface area contributed by atoms with Crippen molar-refractivity contribution in [2.45, 2.75) is 30.7 Å². The Morgan fingerprint density at radius 1 is 1.10 bits per heavy atom. The minimum atomic E-state index is -3.93. The molecule has 0 aromatic heterocycles. The molecule has 0 aliphatic heterocycles. The Kier molecular flexibility index (Phi) is 8.59. The topological polar surface area (TPSA) is 72.9 Å². The molecule has 166 valence electrons. The molecule has 0 spiro atoms. The number of nitrogens with zero attached hydrogens (tertiary/aromatic N) is 1. The summed E-state index contributed by atoms with van der Waals surface area (Å²) in [5.74, 6) is -0.793. The molecule has 0 saturated heterocycles. The van der Waals surface area contributed by atoms with E-state index in [1.165, 1.54) is 17.5 Å². The minimum absolute atomic E-state index is 0.0227. The Labute approximate surface area is 184 Å². The number of methoxy groups -OCH3 is 2. The van der Waals surface area contributed by atoms with Gasteiger partial charge in [0.05, 0.1) is 25.2 Å². The first-order valence-electron chi connectivity index (χ1n) is 9.84. The summed E-state index contributed by atoms with van der Waals surface area (Å²) >= 11 is 0. The molecule has 0 fully saturated rings. The maximum atomic E-state index is 13.6. The monoisotopic (exact) mass is 443 g/mol. The van der Waals surface area contributed by atoms with Gasteiger partial charge in [0.15, 0.2) is 0 Å². The molecule has 0 unspecified atom stereocenters. The summed E-state index contributed by atoms with van der Waals surface area (Å²) in [7, 11) is -1.09. The van der Waals surface area contributed by atoms with Crippen LogP contribution >= 0.6 is 0 Å². The van der Waals surface area contributed by atoms with Crippen LogP contribution in [0, 0.1) is 6.92 Å². The number of allylic oxidation sites excluding steroid dienone is 1. The van der Waals surface area contributed by atoms with Crippen LogP contribution in [0.3, 0.4) is 0 Å². The zero-order valence-corrected chi connectivity index (χ0v) is 19.1. The van der Waals surface area contributed by atoms with Crippen LogP contribution in [-0.4, -0.2) is 45.5 Å². The average molecular weight is 444 g/mol. The Bertz CT molecular complexity index is 1010. The van der Waals surface area contributed by atoms with Crippen molar-refractivity contribution in [2.24, 2.45) is 0 Å². The number of ether oxygens (including phenoxy) is 2. The second kappa shape index (κ2) is 10.9. The third-order valence-corrected chi connectivity index (χ3v) is 6.81. The average Bonchev–Trinajstić information content (AvgIpc) is 2.77. The third kappa shape index (κ3) is 5.62. The van der Waals surface area contributed by atoms with Crippen LogP contribution in [0.25, 0.3) is 0 Å². The van der Waals surface area contributed by atoms with Gasteiger partial charge >= 0.3 is 5.97 Å². The molecule has 2 rings (SSSR count). The highest BCUT2D eigenvalue weighted by Crippen LogP contribution is 2.31. The van der Waals surface area contributed by atoms with Gasteiger partial charge in [-0.2, -0.15) is 4.31 Å². The highest BCUT2D eigenvalue weighted by Gasteiger charge is 2.39. The molecule has 7 heteroatoms. The number of carbonyl (C=O) groups excluding carboxylic acids is 1. The molecule has 0 heterocycles. The Balaban J connectivity index is 2.64. The minimum Gasteiger partial charge on any atom is -0.497 e. The molecule has 0 saturated carbocycles. The van der Waals surface area contributed by atoms with Crippen molar-refractivity contribution in [3.63, 3.8) is 0 Å². The highest BCUT2D eigenvalue weighted by atomic mass is 32.2. The molecule has 6 nitrogen and oxygen atoms in total. The fraction of sp³-hybridized carbons (Fsp3) is 0.292. The van der Waals surface area contributed by atoms with Crippen molar-refractivity contribution in [1.29, 1.82) is 0 Å². The van der Waals surface area contributed by atoms with E-state index in [-0.39, 0.29) is 11.4 Å². The molecule has 0 aliphatic carbocycles. The maximum Gasteiger partial charge on any atom is 0.315 e. The van der Waals surface area contributed by atoms with Gasteiger partial charge in [-0.3, -0.25) is 4.79 Å². The normalized spacial score (nSPS) is 13.7. The molecule has 0 aliphatic rings. The lowest BCUT2D eigenvalue weighted by Crippen LogP contribution is -2.45. The largest absolute Gasteiger partial charge is 0.497 e. The number of rotatable bonds is 10. The van der Waals surface area contributed by atoms with Crippen LogP contribution in [0.4, 0.5) is 0 Å². The molecular weight excluding hydrogens is 414 g/mol. The van der Waals surface area contributed by atoms with E-state index in [1.54, 1.807) is 74.7 Å². The van der Waals surface area contributed by atoms with E-state index in [0.29, 0.717) is 11.3 Å². The van der Waals surface area contributed by atoms with Gasteiger partial charge in [-0.25, -0.2) is 8.42 Å². The van der Waals surface area contributed by atoms with E-state index in [0.717, 1.165) is 5.56 Å². The van der Waals surface area contributed by atoms with Crippen LogP contribution in [-0.2, 0) is 19.6 Å². The van der Waals surface area contributed by atoms with Crippen LogP contribution in [0.1, 0.15) is 24.0 Å². The van der Waals surface area contributed by atoms with Crippen molar-refractivity contribution in [3.05, 3.63) is 84.5 Å². The fourth-order valence-electron chi connectivity index (χ4n) is 3.33. The molecule has 2 aromatic rings. The molecule has 2 aromatic carbocycles. The van der Waals surface area contributed by atoms with Gasteiger partial charge in [-0.05, 0) is 43.7 Å². The van der Waals surface area contributed by atoms with Gasteiger partial charge in [-0.1, -0.05) is 48.1 Å². The fourth-order valence-corrected chi connectivity index (χ4v) is 4.90. The van der Waals surface area contributed by atoms with Crippen molar-refractivity contribution in [2.75, 3.05) is 20.8 Å². The standard InChI is InChI=1S/C24H29NO5S/c1-6-8-22(23(24(26)30-5)19-11-13-20(29-4)14-12-19)25(17-7-2)31(27,28)21-15-9-18(3)10-16-21/h6-16,22-23H,2,17H2,1,3-5H3/b8-6+/t22-,23-/m1/s1. The number of sulfonamides is 1. The molecule has 31 heavy (non-hydrogen) atoms. The SMILES string of the molecule is C=CCN([C@H](/C=C/C)[C@H](C(=O)OC)c1ccc(OC)cc1)S(=O)(=O)c1ccc(C)cc1. The lowest BCUT2D eigenvalue weighted by molar-refractivity contribution is -0.143. The van der Waals surface area contributed by atoms with E-state index in [4.69, 9.17) is 9.47 Å². The predicted molar refractivity (Wildman–Crippen MR) is 122 cm³/mol. The van der Waals surface area contributed by atoms with Crippen LogP contribution in [0.15, 0.2) is 78.2 Å². The van der Waals surface area contributed by atoms with E-state index < -0.39 is 28.0 Å². The number of benzene rings is 2. The van der Waals surface area contributed by atoms with Crippen LogP contribution < -0.4 is 4.74 Å². The second-order valence-corrected chi connectivity index (χ2v) is 8.86. The van der Waals surface area contributed by atoms with Gasteiger partial charge in [0.2, 0.25) is 10.0 Å². The Hall–Kier alpha value is -2.90. The first-order valence-corrected chi connectivity index (χ1v) is 11.3. The summed E-state index contributed by atoms with van der Waals surface area (Å²) < 4.78 is 38.7. The second-order valence-electron chi connectivity index (χ2n) is 6.97.